The maximum Gasteiger partial charge on any atom is 0.153 e. The summed E-state index contributed by atoms with van der Waals surface area (Å²) >= 11 is 0. The normalized spacial score (nSPS) is 13.4. The SMILES string of the molecule is [O-]N(c1ccccc1)N(OC1=CCCC=C1)c1ccccc1. The number of hydrogen-bond donors (Lipinski definition) is 0. The zero-order valence-electron chi connectivity index (χ0n) is 12.1. The Morgan fingerprint density at radius 3 is 2.05 bits per heavy atom. The van der Waals surface area contributed by atoms with Crippen LogP contribution in [0.2, 0.25) is 0 Å². The molecule has 0 N–H and O–H groups in total. The third kappa shape index (κ3) is 3.30. The first-order valence-electron chi connectivity index (χ1n) is 7.27. The predicted octanol–water partition coefficient (Wildman–Crippen LogP) is 4.58. The van der Waals surface area contributed by atoms with E-state index in [2.05, 4.69) is 0 Å². The Hall–Kier alpha value is -2.72. The maximum absolute atomic E-state index is 12.7. The Morgan fingerprint density at radius 1 is 0.818 bits per heavy atom. The van der Waals surface area contributed by atoms with E-state index in [-0.39, 0.29) is 0 Å². The third-order valence-electron chi connectivity index (χ3n) is 3.27. The third-order valence-corrected chi connectivity index (χ3v) is 3.27. The molecule has 3 rings (SSSR count). The van der Waals surface area contributed by atoms with Crippen LogP contribution in [0.3, 0.4) is 0 Å². The molecular weight excluding hydrogens is 276 g/mol. The maximum atomic E-state index is 12.7. The molecule has 2 aromatic carbocycles. The lowest BCUT2D eigenvalue weighted by molar-refractivity contribution is 0.189. The van der Waals surface area contributed by atoms with Crippen LogP contribution < -0.4 is 10.3 Å². The summed E-state index contributed by atoms with van der Waals surface area (Å²) in [5.41, 5.74) is 1.17. The van der Waals surface area contributed by atoms with Gasteiger partial charge in [0.05, 0.1) is 5.69 Å². The first kappa shape index (κ1) is 14.2. The Kier molecular flexibility index (Phi) is 4.41. The van der Waals surface area contributed by atoms with Crippen molar-refractivity contribution in [2.75, 3.05) is 10.3 Å². The lowest BCUT2D eigenvalue weighted by atomic mass is 10.2. The largest absolute Gasteiger partial charge is 0.736 e. The van der Waals surface area contributed by atoms with Crippen molar-refractivity contribution in [3.8, 4) is 0 Å². The van der Waals surface area contributed by atoms with E-state index in [1.807, 2.05) is 66.8 Å². The van der Waals surface area contributed by atoms with Crippen molar-refractivity contribution in [1.29, 1.82) is 0 Å². The molecule has 0 bridgehead atoms. The summed E-state index contributed by atoms with van der Waals surface area (Å²) in [6.45, 7) is 0. The van der Waals surface area contributed by atoms with Crippen LogP contribution in [0.15, 0.2) is 84.7 Å². The van der Waals surface area contributed by atoms with Gasteiger partial charge in [0, 0.05) is 5.69 Å². The molecule has 0 fully saturated rings. The van der Waals surface area contributed by atoms with Crippen LogP contribution in [0.4, 0.5) is 11.4 Å². The van der Waals surface area contributed by atoms with Crippen molar-refractivity contribution in [1.82, 2.24) is 0 Å². The van der Waals surface area contributed by atoms with Crippen molar-refractivity contribution in [3.05, 3.63) is 89.9 Å². The molecule has 4 heteroatoms. The van der Waals surface area contributed by atoms with Crippen LogP contribution in [-0.4, -0.2) is 0 Å². The monoisotopic (exact) mass is 293 g/mol. The van der Waals surface area contributed by atoms with Crippen LogP contribution in [0.1, 0.15) is 12.8 Å². The highest BCUT2D eigenvalue weighted by Gasteiger charge is 2.13. The topological polar surface area (TPSA) is 38.8 Å². The lowest BCUT2D eigenvalue weighted by Crippen LogP contribution is -2.38. The number of nitrogens with zero attached hydrogens (tertiary/aromatic N) is 2. The second-order valence-electron chi connectivity index (χ2n) is 4.89. The fourth-order valence-electron chi connectivity index (χ4n) is 2.17. The summed E-state index contributed by atoms with van der Waals surface area (Å²) in [5, 5.41) is 14.7. The molecule has 0 spiro atoms. The van der Waals surface area contributed by atoms with Crippen LogP contribution in [-0.2, 0) is 4.84 Å². The van der Waals surface area contributed by atoms with E-state index in [0.717, 1.165) is 18.0 Å². The summed E-state index contributed by atoms with van der Waals surface area (Å²) in [6, 6.07) is 18.3. The summed E-state index contributed by atoms with van der Waals surface area (Å²) in [6.07, 6.45) is 7.82. The molecule has 4 nitrogen and oxygen atoms in total. The molecule has 0 heterocycles. The fraction of sp³-hybridized carbons (Fsp3) is 0.111. The zero-order valence-corrected chi connectivity index (χ0v) is 12.1. The molecule has 0 amide bonds. The molecule has 112 valence electrons. The van der Waals surface area contributed by atoms with Gasteiger partial charge in [-0.15, -0.1) is 5.17 Å². The predicted molar refractivity (Wildman–Crippen MR) is 88.8 cm³/mol. The minimum absolute atomic E-state index is 0.506. The van der Waals surface area contributed by atoms with E-state index in [1.165, 1.54) is 5.17 Å². The van der Waals surface area contributed by atoms with E-state index < -0.39 is 0 Å². The minimum atomic E-state index is 0.506. The van der Waals surface area contributed by atoms with Crippen LogP contribution in [0.5, 0.6) is 0 Å². The summed E-state index contributed by atoms with van der Waals surface area (Å²) in [7, 11) is 0. The van der Waals surface area contributed by atoms with Crippen LogP contribution >= 0.6 is 0 Å². The van der Waals surface area contributed by atoms with Gasteiger partial charge in [0.1, 0.15) is 0 Å². The summed E-state index contributed by atoms with van der Waals surface area (Å²) in [4.78, 5) is 5.81. The second-order valence-corrected chi connectivity index (χ2v) is 4.89. The fourth-order valence-corrected chi connectivity index (χ4v) is 2.17. The minimum Gasteiger partial charge on any atom is -0.736 e. The number of allylic oxidation sites excluding steroid dienone is 3. The van der Waals surface area contributed by atoms with E-state index in [0.29, 0.717) is 17.1 Å². The van der Waals surface area contributed by atoms with Gasteiger partial charge in [-0.2, -0.15) is 0 Å². The molecule has 0 unspecified atom stereocenters. The first-order valence-corrected chi connectivity index (χ1v) is 7.27. The van der Waals surface area contributed by atoms with Crippen molar-refractivity contribution < 1.29 is 4.84 Å². The van der Waals surface area contributed by atoms with Gasteiger partial charge >= 0.3 is 0 Å². The van der Waals surface area contributed by atoms with Crippen molar-refractivity contribution in [2.45, 2.75) is 12.8 Å². The Labute approximate surface area is 130 Å². The molecule has 1 aliphatic rings. The highest BCUT2D eigenvalue weighted by Crippen LogP contribution is 2.24. The summed E-state index contributed by atoms with van der Waals surface area (Å²) in [5.74, 6) is 0.673. The number of anilines is 2. The average Bonchev–Trinajstić information content (AvgIpc) is 2.61. The lowest BCUT2D eigenvalue weighted by Gasteiger charge is -2.41. The van der Waals surface area contributed by atoms with Gasteiger partial charge in [-0.1, -0.05) is 42.5 Å². The van der Waals surface area contributed by atoms with Gasteiger partial charge in [0.25, 0.3) is 0 Å². The average molecular weight is 293 g/mol. The van der Waals surface area contributed by atoms with Gasteiger partial charge in [-0.05, 0) is 49.3 Å². The van der Waals surface area contributed by atoms with E-state index in [4.69, 9.17) is 4.84 Å². The molecule has 0 aromatic heterocycles. The van der Waals surface area contributed by atoms with Crippen LogP contribution in [0, 0.1) is 5.21 Å². The highest BCUT2D eigenvalue weighted by atomic mass is 16.8. The molecule has 2 aromatic rings. The quantitative estimate of drug-likeness (QED) is 0.756. The van der Waals surface area contributed by atoms with Gasteiger partial charge in [0.2, 0.25) is 0 Å². The van der Waals surface area contributed by atoms with Gasteiger partial charge in [-0.25, -0.2) is 0 Å². The Bertz CT molecular complexity index is 653. The van der Waals surface area contributed by atoms with Gasteiger partial charge < -0.3 is 15.2 Å². The van der Waals surface area contributed by atoms with Crippen LogP contribution in [0.25, 0.3) is 0 Å². The Balaban J connectivity index is 1.89. The molecule has 0 radical (unpaired) electrons. The number of hydrazine groups is 1. The molecule has 1 aliphatic carbocycles. The van der Waals surface area contributed by atoms with Gasteiger partial charge in [0.15, 0.2) is 5.76 Å². The van der Waals surface area contributed by atoms with E-state index >= 15 is 0 Å². The van der Waals surface area contributed by atoms with Crippen molar-refractivity contribution in [2.24, 2.45) is 0 Å². The molecule has 0 saturated carbocycles. The second kappa shape index (κ2) is 6.83. The number of rotatable bonds is 5. The highest BCUT2D eigenvalue weighted by molar-refractivity contribution is 5.56. The molecular formula is C18H17N2O2-. The number of benzene rings is 2. The Morgan fingerprint density at radius 2 is 1.45 bits per heavy atom. The first-order chi connectivity index (χ1) is 10.8. The number of hydrogen-bond acceptors (Lipinski definition) is 4. The van der Waals surface area contributed by atoms with Gasteiger partial charge in [-0.3, -0.25) is 0 Å². The van der Waals surface area contributed by atoms with E-state index in [1.54, 1.807) is 12.1 Å². The number of para-hydroxylation sites is 2. The van der Waals surface area contributed by atoms with Crippen molar-refractivity contribution in [3.63, 3.8) is 0 Å². The molecule has 0 aliphatic heterocycles. The van der Waals surface area contributed by atoms with E-state index in [9.17, 15) is 5.21 Å². The molecule has 22 heavy (non-hydrogen) atoms. The van der Waals surface area contributed by atoms with Crippen molar-refractivity contribution >= 4 is 11.4 Å². The molecule has 0 saturated heterocycles. The smallest absolute Gasteiger partial charge is 0.153 e. The summed E-state index contributed by atoms with van der Waals surface area (Å²) < 4.78 is 0. The standard InChI is InChI=1S/C18H17N2O2/c21-19(16-10-4-1-5-11-16)20(17-12-6-2-7-13-17)22-18-14-8-3-9-15-18/h1-2,4-8,10-15H,3,9H2/q-1. The zero-order chi connectivity index (χ0) is 15.2. The molecule has 0 atom stereocenters.